The molecule has 10 heavy (non-hydrogen) atoms. The zero-order valence-corrected chi connectivity index (χ0v) is 6.60. The van der Waals surface area contributed by atoms with E-state index in [1.165, 1.54) is 44.9 Å². The Bertz CT molecular complexity index is 132. The molecule has 0 aliphatic heterocycles. The lowest BCUT2D eigenvalue weighted by atomic mass is 9.89. The van der Waals surface area contributed by atoms with E-state index in [1.807, 2.05) is 0 Å². The fourth-order valence-corrected chi connectivity index (χ4v) is 2.00. The second kappa shape index (κ2) is 2.77. The van der Waals surface area contributed by atoms with Crippen LogP contribution in [0.2, 0.25) is 0 Å². The standard InChI is InChI=1S/C10H16/c1-2-5-9(4-1)8-10-6-3-7-10/h8-9H,1-7H2. The van der Waals surface area contributed by atoms with Crippen LogP contribution < -0.4 is 0 Å². The SMILES string of the molecule is C(=C1CCC1)C1CCCC1. The van der Waals surface area contributed by atoms with E-state index in [0.29, 0.717) is 0 Å². The zero-order chi connectivity index (χ0) is 6.81. The third-order valence-electron chi connectivity index (χ3n) is 2.87. The molecular formula is C10H16. The Morgan fingerprint density at radius 3 is 2.20 bits per heavy atom. The minimum atomic E-state index is 0.982. The zero-order valence-electron chi connectivity index (χ0n) is 6.60. The molecule has 56 valence electrons. The molecule has 2 fully saturated rings. The second-order valence-corrected chi connectivity index (χ2v) is 3.72. The third-order valence-corrected chi connectivity index (χ3v) is 2.87. The average molecular weight is 136 g/mol. The van der Waals surface area contributed by atoms with E-state index in [4.69, 9.17) is 0 Å². The van der Waals surface area contributed by atoms with Gasteiger partial charge in [-0.15, -0.1) is 0 Å². The molecule has 0 aromatic carbocycles. The molecule has 0 amide bonds. The normalized spacial score (nSPS) is 26.6. The van der Waals surface area contributed by atoms with Gasteiger partial charge in [-0.25, -0.2) is 0 Å². The lowest BCUT2D eigenvalue weighted by Gasteiger charge is -2.17. The first kappa shape index (κ1) is 6.45. The van der Waals surface area contributed by atoms with Crippen LogP contribution in [0, 0.1) is 5.92 Å². The van der Waals surface area contributed by atoms with Crippen molar-refractivity contribution < 1.29 is 0 Å². The van der Waals surface area contributed by atoms with Crippen molar-refractivity contribution in [2.24, 2.45) is 5.92 Å². The van der Waals surface area contributed by atoms with E-state index in [2.05, 4.69) is 6.08 Å². The Hall–Kier alpha value is -0.260. The minimum Gasteiger partial charge on any atom is -0.0822 e. The summed E-state index contributed by atoms with van der Waals surface area (Å²) in [7, 11) is 0. The smallest absolute Gasteiger partial charge is 0.0231 e. The topological polar surface area (TPSA) is 0 Å². The van der Waals surface area contributed by atoms with Crippen molar-refractivity contribution in [1.29, 1.82) is 0 Å². The van der Waals surface area contributed by atoms with E-state index < -0.39 is 0 Å². The predicted octanol–water partition coefficient (Wildman–Crippen LogP) is 3.29. The van der Waals surface area contributed by atoms with Crippen molar-refractivity contribution >= 4 is 0 Å². The Morgan fingerprint density at radius 1 is 1.00 bits per heavy atom. The molecule has 0 aromatic heterocycles. The summed E-state index contributed by atoms with van der Waals surface area (Å²) in [4.78, 5) is 0. The predicted molar refractivity (Wildman–Crippen MR) is 43.9 cm³/mol. The van der Waals surface area contributed by atoms with Gasteiger partial charge in [-0.1, -0.05) is 24.5 Å². The fraction of sp³-hybridized carbons (Fsp3) is 0.800. The van der Waals surface area contributed by atoms with Gasteiger partial charge >= 0.3 is 0 Å². The number of hydrogen-bond donors (Lipinski definition) is 0. The number of allylic oxidation sites excluding steroid dienone is 2. The maximum Gasteiger partial charge on any atom is -0.0231 e. The van der Waals surface area contributed by atoms with Crippen molar-refractivity contribution in [3.05, 3.63) is 11.6 Å². The molecule has 0 nitrogen and oxygen atoms in total. The summed E-state index contributed by atoms with van der Waals surface area (Å²) in [5.41, 5.74) is 1.76. The molecule has 0 N–H and O–H groups in total. The third kappa shape index (κ3) is 1.25. The van der Waals surface area contributed by atoms with Crippen molar-refractivity contribution in [2.75, 3.05) is 0 Å². The molecule has 0 aromatic rings. The highest BCUT2D eigenvalue weighted by molar-refractivity contribution is 5.11. The van der Waals surface area contributed by atoms with Gasteiger partial charge in [0, 0.05) is 0 Å². The molecular weight excluding hydrogens is 120 g/mol. The summed E-state index contributed by atoms with van der Waals surface area (Å²) < 4.78 is 0. The highest BCUT2D eigenvalue weighted by Crippen LogP contribution is 2.32. The summed E-state index contributed by atoms with van der Waals surface area (Å²) in [5, 5.41) is 0. The molecule has 2 saturated carbocycles. The Kier molecular flexibility index (Phi) is 1.79. The molecule has 0 spiro atoms. The fourth-order valence-electron chi connectivity index (χ4n) is 2.00. The van der Waals surface area contributed by atoms with Crippen molar-refractivity contribution in [1.82, 2.24) is 0 Å². The molecule has 0 heteroatoms. The van der Waals surface area contributed by atoms with E-state index in [9.17, 15) is 0 Å². The van der Waals surface area contributed by atoms with Crippen LogP contribution >= 0.6 is 0 Å². The lowest BCUT2D eigenvalue weighted by molar-refractivity contribution is 0.613. The Labute approximate surface area is 63.3 Å². The molecule has 2 aliphatic rings. The lowest BCUT2D eigenvalue weighted by Crippen LogP contribution is -1.99. The minimum absolute atomic E-state index is 0.982. The van der Waals surface area contributed by atoms with Gasteiger partial charge in [0.25, 0.3) is 0 Å². The van der Waals surface area contributed by atoms with Gasteiger partial charge in [0.15, 0.2) is 0 Å². The first-order chi connectivity index (χ1) is 4.95. The van der Waals surface area contributed by atoms with Crippen LogP contribution in [-0.2, 0) is 0 Å². The maximum atomic E-state index is 2.57. The summed E-state index contributed by atoms with van der Waals surface area (Å²) in [6.07, 6.45) is 12.8. The van der Waals surface area contributed by atoms with Gasteiger partial charge in [-0.2, -0.15) is 0 Å². The van der Waals surface area contributed by atoms with Gasteiger partial charge in [-0.3, -0.25) is 0 Å². The van der Waals surface area contributed by atoms with E-state index in [0.717, 1.165) is 5.92 Å². The summed E-state index contributed by atoms with van der Waals surface area (Å²) in [6.45, 7) is 0. The summed E-state index contributed by atoms with van der Waals surface area (Å²) >= 11 is 0. The van der Waals surface area contributed by atoms with Gasteiger partial charge in [-0.05, 0) is 38.0 Å². The van der Waals surface area contributed by atoms with Crippen LogP contribution in [0.25, 0.3) is 0 Å². The summed E-state index contributed by atoms with van der Waals surface area (Å²) in [5.74, 6) is 0.982. The van der Waals surface area contributed by atoms with E-state index >= 15 is 0 Å². The Balaban J connectivity index is 1.87. The molecule has 2 rings (SSSR count). The highest BCUT2D eigenvalue weighted by atomic mass is 14.2. The average Bonchev–Trinajstić information content (AvgIpc) is 2.29. The van der Waals surface area contributed by atoms with Crippen LogP contribution in [0.3, 0.4) is 0 Å². The molecule has 0 bridgehead atoms. The van der Waals surface area contributed by atoms with Crippen molar-refractivity contribution in [3.8, 4) is 0 Å². The van der Waals surface area contributed by atoms with Crippen LogP contribution in [0.15, 0.2) is 11.6 Å². The maximum absolute atomic E-state index is 2.57. The first-order valence-corrected chi connectivity index (χ1v) is 4.65. The van der Waals surface area contributed by atoms with Gasteiger partial charge in [0.1, 0.15) is 0 Å². The number of hydrogen-bond acceptors (Lipinski definition) is 0. The van der Waals surface area contributed by atoms with Gasteiger partial charge in [0.2, 0.25) is 0 Å². The largest absolute Gasteiger partial charge is 0.0822 e. The summed E-state index contributed by atoms with van der Waals surface area (Å²) in [6, 6.07) is 0. The van der Waals surface area contributed by atoms with E-state index in [-0.39, 0.29) is 0 Å². The highest BCUT2D eigenvalue weighted by Gasteiger charge is 2.15. The number of rotatable bonds is 1. The first-order valence-electron chi connectivity index (χ1n) is 4.65. The molecule has 0 saturated heterocycles. The molecule has 0 atom stereocenters. The van der Waals surface area contributed by atoms with Crippen molar-refractivity contribution in [2.45, 2.75) is 44.9 Å². The van der Waals surface area contributed by atoms with Crippen molar-refractivity contribution in [3.63, 3.8) is 0 Å². The quantitative estimate of drug-likeness (QED) is 0.485. The van der Waals surface area contributed by atoms with Crippen LogP contribution in [0.1, 0.15) is 44.9 Å². The molecule has 2 aliphatic carbocycles. The Morgan fingerprint density at radius 2 is 1.70 bits per heavy atom. The van der Waals surface area contributed by atoms with Crippen LogP contribution in [0.4, 0.5) is 0 Å². The van der Waals surface area contributed by atoms with Crippen LogP contribution in [-0.4, -0.2) is 0 Å². The van der Waals surface area contributed by atoms with Gasteiger partial charge in [0.05, 0.1) is 0 Å². The molecule has 0 unspecified atom stereocenters. The van der Waals surface area contributed by atoms with E-state index in [1.54, 1.807) is 5.57 Å². The molecule has 0 radical (unpaired) electrons. The van der Waals surface area contributed by atoms with Crippen LogP contribution in [0.5, 0.6) is 0 Å². The second-order valence-electron chi connectivity index (χ2n) is 3.72. The monoisotopic (exact) mass is 136 g/mol. The van der Waals surface area contributed by atoms with Gasteiger partial charge < -0.3 is 0 Å². The molecule has 0 heterocycles.